The van der Waals surface area contributed by atoms with Gasteiger partial charge in [0, 0.05) is 23.3 Å². The highest BCUT2D eigenvalue weighted by molar-refractivity contribution is 7.07. The zero-order valence-corrected chi connectivity index (χ0v) is 25.6. The van der Waals surface area contributed by atoms with Crippen LogP contribution in [0.3, 0.4) is 0 Å². The third kappa shape index (κ3) is 5.32. The van der Waals surface area contributed by atoms with Crippen molar-refractivity contribution in [3.05, 3.63) is 108 Å². The van der Waals surface area contributed by atoms with Crippen LogP contribution < -0.4 is 24.4 Å². The molecule has 8 nitrogen and oxygen atoms in total. The summed E-state index contributed by atoms with van der Waals surface area (Å²) in [7, 11) is 1.32. The van der Waals surface area contributed by atoms with Gasteiger partial charge in [0.05, 0.1) is 36.5 Å². The van der Waals surface area contributed by atoms with Gasteiger partial charge in [-0.2, -0.15) is 0 Å². The molecule has 2 aromatic carbocycles. The lowest BCUT2D eigenvalue weighted by atomic mass is 9.97. The lowest BCUT2D eigenvalue weighted by Gasteiger charge is -2.23. The Morgan fingerprint density at radius 2 is 1.71 bits per heavy atom. The van der Waals surface area contributed by atoms with Gasteiger partial charge in [0.25, 0.3) is 5.56 Å². The third-order valence-corrected chi connectivity index (χ3v) is 8.36. The molecule has 2 aromatic heterocycles. The van der Waals surface area contributed by atoms with Gasteiger partial charge in [-0.15, -0.1) is 0 Å². The van der Waals surface area contributed by atoms with Gasteiger partial charge in [0.15, 0.2) is 16.3 Å². The summed E-state index contributed by atoms with van der Waals surface area (Å²) >= 11 is 1.29. The lowest BCUT2D eigenvalue weighted by molar-refractivity contribution is -0.136. The average Bonchev–Trinajstić information content (AvgIpc) is 3.47. The number of carbonyl (C=O) groups excluding carboxylic acids is 1. The van der Waals surface area contributed by atoms with Crippen LogP contribution in [0.5, 0.6) is 11.5 Å². The predicted molar refractivity (Wildman–Crippen MR) is 165 cm³/mol. The molecule has 1 atom stereocenters. The van der Waals surface area contributed by atoms with Gasteiger partial charge >= 0.3 is 5.97 Å². The molecular formula is C33H35N3O5S. The normalized spacial score (nSPS) is 14.7. The van der Waals surface area contributed by atoms with E-state index in [4.69, 9.17) is 14.2 Å². The first kappa shape index (κ1) is 29.1. The smallest absolute Gasteiger partial charge is 0.337 e. The van der Waals surface area contributed by atoms with Crippen LogP contribution in [-0.4, -0.2) is 35.4 Å². The molecule has 218 valence electrons. The van der Waals surface area contributed by atoms with Crippen LogP contribution in [0.4, 0.5) is 0 Å². The van der Waals surface area contributed by atoms with Crippen LogP contribution in [0.15, 0.2) is 70.1 Å². The number of aryl methyl sites for hydroxylation is 2. The number of hydrogen-bond donors (Lipinski definition) is 0. The molecule has 0 N–H and O–H groups in total. The molecule has 0 spiro atoms. The summed E-state index contributed by atoms with van der Waals surface area (Å²) in [5.74, 6) is 0.584. The second kappa shape index (κ2) is 12.2. The number of thiazole rings is 1. The predicted octanol–water partition coefficient (Wildman–Crippen LogP) is 4.79. The zero-order chi connectivity index (χ0) is 30.0. The van der Waals surface area contributed by atoms with Crippen LogP contribution in [0.2, 0.25) is 0 Å². The van der Waals surface area contributed by atoms with Gasteiger partial charge in [-0.1, -0.05) is 36.5 Å². The molecule has 0 saturated heterocycles. The summed E-state index contributed by atoms with van der Waals surface area (Å²) in [6.07, 6.45) is 4.39. The van der Waals surface area contributed by atoms with Crippen molar-refractivity contribution in [1.29, 1.82) is 0 Å². The molecule has 0 unspecified atom stereocenters. The van der Waals surface area contributed by atoms with E-state index in [1.54, 1.807) is 10.6 Å². The van der Waals surface area contributed by atoms with Crippen molar-refractivity contribution in [2.45, 2.75) is 47.1 Å². The maximum Gasteiger partial charge on any atom is 0.337 e. The Morgan fingerprint density at radius 3 is 2.38 bits per heavy atom. The van der Waals surface area contributed by atoms with E-state index in [1.807, 2.05) is 32.1 Å². The number of nitrogens with zero attached hydrogens (tertiary/aromatic N) is 3. The summed E-state index contributed by atoms with van der Waals surface area (Å²) < 4.78 is 20.9. The van der Waals surface area contributed by atoms with Crippen molar-refractivity contribution in [2.75, 3.05) is 20.3 Å². The molecule has 1 aliphatic heterocycles. The summed E-state index contributed by atoms with van der Waals surface area (Å²) in [5.41, 5.74) is 6.12. The SMILES string of the molecule is CCOc1ccc([C@H]2C(C(=O)OC)=CN=c3s/c(=C\c4cc(C)n(-c5ccc(CC)cc5)c4C)c(=O)n32)cc1OCC. The Morgan fingerprint density at radius 1 is 1.00 bits per heavy atom. The molecular weight excluding hydrogens is 550 g/mol. The van der Waals surface area contributed by atoms with Gasteiger partial charge in [-0.25, -0.2) is 9.79 Å². The number of fused-ring (bicyclic) bond motifs is 1. The number of aromatic nitrogens is 2. The first-order valence-electron chi connectivity index (χ1n) is 14.1. The fourth-order valence-corrected chi connectivity index (χ4v) is 6.30. The Balaban J connectivity index is 1.64. The number of hydrogen-bond acceptors (Lipinski definition) is 7. The Labute approximate surface area is 248 Å². The molecule has 42 heavy (non-hydrogen) atoms. The molecule has 0 amide bonds. The largest absolute Gasteiger partial charge is 0.490 e. The highest BCUT2D eigenvalue weighted by atomic mass is 32.1. The van der Waals surface area contributed by atoms with E-state index >= 15 is 0 Å². The van der Waals surface area contributed by atoms with Crippen molar-refractivity contribution < 1.29 is 19.0 Å². The molecule has 5 rings (SSSR count). The standard InChI is InChI=1S/C33H35N3O5S/c1-7-22-10-13-25(14-11-22)35-20(4)16-24(21(35)5)18-29-31(37)36-30(26(32(38)39-6)19-34-33(36)42-29)23-12-15-27(40-8-2)28(17-23)41-9-3/h10-19,30H,7-9H2,1-6H3/b29-18-/t30-/m0/s1. The zero-order valence-electron chi connectivity index (χ0n) is 24.8. The summed E-state index contributed by atoms with van der Waals surface area (Å²) in [4.78, 5) is 31.9. The first-order valence-corrected chi connectivity index (χ1v) is 14.9. The summed E-state index contributed by atoms with van der Waals surface area (Å²) in [6, 6.07) is 15.3. The average molecular weight is 586 g/mol. The van der Waals surface area contributed by atoms with E-state index in [2.05, 4.69) is 60.7 Å². The maximum absolute atomic E-state index is 14.0. The van der Waals surface area contributed by atoms with E-state index in [1.165, 1.54) is 30.2 Å². The minimum absolute atomic E-state index is 0.234. The van der Waals surface area contributed by atoms with Gasteiger partial charge in [-0.05, 0) is 87.2 Å². The second-order valence-electron chi connectivity index (χ2n) is 9.93. The highest BCUT2D eigenvalue weighted by Gasteiger charge is 2.31. The first-order chi connectivity index (χ1) is 20.3. The van der Waals surface area contributed by atoms with Crippen molar-refractivity contribution in [3.63, 3.8) is 0 Å². The minimum Gasteiger partial charge on any atom is -0.490 e. The van der Waals surface area contributed by atoms with Gasteiger partial charge in [0.1, 0.15) is 0 Å². The summed E-state index contributed by atoms with van der Waals surface area (Å²) in [6.45, 7) is 11.0. The van der Waals surface area contributed by atoms with E-state index in [0.717, 1.165) is 29.1 Å². The van der Waals surface area contributed by atoms with E-state index in [-0.39, 0.29) is 11.1 Å². The molecule has 0 radical (unpaired) electrons. The molecule has 9 heteroatoms. The summed E-state index contributed by atoms with van der Waals surface area (Å²) in [5, 5.41) is 0. The number of ether oxygens (including phenoxy) is 3. The van der Waals surface area contributed by atoms with Gasteiger partial charge in [-0.3, -0.25) is 9.36 Å². The monoisotopic (exact) mass is 585 g/mol. The topological polar surface area (TPSA) is 84.0 Å². The molecule has 1 aliphatic rings. The fraction of sp³-hybridized carbons (Fsp3) is 0.303. The van der Waals surface area contributed by atoms with Crippen LogP contribution in [0, 0.1) is 13.8 Å². The molecule has 0 aliphatic carbocycles. The third-order valence-electron chi connectivity index (χ3n) is 7.37. The number of esters is 1. The Kier molecular flexibility index (Phi) is 8.49. The fourth-order valence-electron chi connectivity index (χ4n) is 5.34. The number of carbonyl (C=O) groups is 1. The quantitative estimate of drug-likeness (QED) is 0.264. The van der Waals surface area contributed by atoms with Crippen LogP contribution in [0.1, 0.15) is 54.9 Å². The Bertz CT molecular complexity index is 1840. The molecule has 0 fully saturated rings. The highest BCUT2D eigenvalue weighted by Crippen LogP contribution is 2.35. The van der Waals surface area contributed by atoms with E-state index < -0.39 is 12.0 Å². The maximum atomic E-state index is 14.0. The molecule has 0 bridgehead atoms. The number of methoxy groups -OCH3 is 1. The molecule has 3 heterocycles. The molecule has 0 saturated carbocycles. The van der Waals surface area contributed by atoms with Crippen LogP contribution in [-0.2, 0) is 16.0 Å². The lowest BCUT2D eigenvalue weighted by Crippen LogP contribution is -2.39. The van der Waals surface area contributed by atoms with Crippen LogP contribution in [0.25, 0.3) is 11.8 Å². The molecule has 4 aromatic rings. The second-order valence-corrected chi connectivity index (χ2v) is 10.9. The van der Waals surface area contributed by atoms with Crippen molar-refractivity contribution in [3.8, 4) is 17.2 Å². The van der Waals surface area contributed by atoms with Crippen molar-refractivity contribution in [2.24, 2.45) is 4.99 Å². The van der Waals surface area contributed by atoms with Crippen LogP contribution >= 0.6 is 11.3 Å². The van der Waals surface area contributed by atoms with Crippen molar-refractivity contribution >= 4 is 23.4 Å². The number of benzene rings is 2. The van der Waals surface area contributed by atoms with Gasteiger partial charge in [0.2, 0.25) is 0 Å². The van der Waals surface area contributed by atoms with E-state index in [9.17, 15) is 9.59 Å². The minimum atomic E-state index is -0.741. The van der Waals surface area contributed by atoms with Gasteiger partial charge < -0.3 is 18.8 Å². The van der Waals surface area contributed by atoms with E-state index in [0.29, 0.717) is 39.6 Å². The van der Waals surface area contributed by atoms with Crippen molar-refractivity contribution in [1.82, 2.24) is 9.13 Å². The number of rotatable bonds is 9. The Hall–Kier alpha value is -4.37.